The average Bonchev–Trinajstić information content (AvgIpc) is 3.04. The number of hydrogen-bond donors (Lipinski definition) is 1. The number of nitrogens with one attached hydrogen (secondary N) is 1. The normalized spacial score (nSPS) is 14.9. The van der Waals surface area contributed by atoms with Crippen LogP contribution in [0, 0.1) is 0 Å². The number of halogens is 1. The van der Waals surface area contributed by atoms with Gasteiger partial charge in [0.1, 0.15) is 16.8 Å². The van der Waals surface area contributed by atoms with Gasteiger partial charge in [-0.3, -0.25) is 0 Å². The number of anilines is 1. The molecule has 1 saturated carbocycles. The lowest BCUT2D eigenvalue weighted by Gasteiger charge is -2.05. The first-order valence-electron chi connectivity index (χ1n) is 5.49. The van der Waals surface area contributed by atoms with Crippen LogP contribution in [0.15, 0.2) is 22.9 Å². The van der Waals surface area contributed by atoms with E-state index in [2.05, 4.69) is 20.4 Å². The van der Waals surface area contributed by atoms with Crippen LogP contribution in [0.1, 0.15) is 30.3 Å². The van der Waals surface area contributed by atoms with Crippen molar-refractivity contribution >= 4 is 17.4 Å². The van der Waals surface area contributed by atoms with Crippen LogP contribution in [0.2, 0.25) is 5.15 Å². The summed E-state index contributed by atoms with van der Waals surface area (Å²) in [6, 6.07) is 3.52. The monoisotopic (exact) mass is 250 g/mol. The van der Waals surface area contributed by atoms with Gasteiger partial charge < -0.3 is 9.84 Å². The van der Waals surface area contributed by atoms with Gasteiger partial charge in [-0.25, -0.2) is 9.97 Å². The van der Waals surface area contributed by atoms with Crippen LogP contribution in [0.25, 0.3) is 0 Å². The van der Waals surface area contributed by atoms with E-state index < -0.39 is 0 Å². The summed E-state index contributed by atoms with van der Waals surface area (Å²) in [7, 11) is 0. The molecule has 0 atom stereocenters. The number of hydrogen-bond acceptors (Lipinski definition) is 5. The van der Waals surface area contributed by atoms with Crippen LogP contribution in [-0.4, -0.2) is 15.1 Å². The third-order valence-electron chi connectivity index (χ3n) is 2.59. The van der Waals surface area contributed by atoms with Gasteiger partial charge in [-0.2, -0.15) is 0 Å². The van der Waals surface area contributed by atoms with E-state index in [9.17, 15) is 0 Å². The van der Waals surface area contributed by atoms with E-state index in [0.717, 1.165) is 30.2 Å². The van der Waals surface area contributed by atoms with Crippen LogP contribution in [0.3, 0.4) is 0 Å². The Hall–Kier alpha value is -1.62. The molecule has 1 aliphatic carbocycles. The minimum Gasteiger partial charge on any atom is -0.363 e. The summed E-state index contributed by atoms with van der Waals surface area (Å²) in [5, 5.41) is 7.25. The van der Waals surface area contributed by atoms with E-state index in [1.807, 2.05) is 0 Å². The third-order valence-corrected chi connectivity index (χ3v) is 2.78. The lowest BCUT2D eigenvalue weighted by Crippen LogP contribution is -2.03. The largest absolute Gasteiger partial charge is 0.363 e. The summed E-state index contributed by atoms with van der Waals surface area (Å²) in [6.07, 6.45) is 3.92. The Morgan fingerprint density at radius 1 is 1.41 bits per heavy atom. The SMILES string of the molecule is Clc1cc(NCc2ccno2)nc(C2CC2)n1. The van der Waals surface area contributed by atoms with Crippen molar-refractivity contribution < 1.29 is 4.52 Å². The predicted molar refractivity (Wildman–Crippen MR) is 62.8 cm³/mol. The van der Waals surface area contributed by atoms with Crippen molar-refractivity contribution in [3.63, 3.8) is 0 Å². The molecular weight excluding hydrogens is 240 g/mol. The van der Waals surface area contributed by atoms with E-state index in [1.165, 1.54) is 0 Å². The zero-order valence-electron chi connectivity index (χ0n) is 9.06. The third kappa shape index (κ3) is 2.55. The minimum atomic E-state index is 0.474. The first kappa shape index (κ1) is 10.5. The molecule has 17 heavy (non-hydrogen) atoms. The maximum Gasteiger partial charge on any atom is 0.155 e. The van der Waals surface area contributed by atoms with Crippen LogP contribution >= 0.6 is 11.6 Å². The molecule has 88 valence electrons. The molecule has 1 fully saturated rings. The molecule has 0 radical (unpaired) electrons. The average molecular weight is 251 g/mol. The van der Waals surface area contributed by atoms with E-state index in [-0.39, 0.29) is 0 Å². The zero-order chi connectivity index (χ0) is 11.7. The number of nitrogens with zero attached hydrogens (tertiary/aromatic N) is 3. The van der Waals surface area contributed by atoms with Crippen molar-refractivity contribution in [2.45, 2.75) is 25.3 Å². The van der Waals surface area contributed by atoms with Gasteiger partial charge in [-0.1, -0.05) is 16.8 Å². The molecular formula is C11H11ClN4O. The topological polar surface area (TPSA) is 63.8 Å². The van der Waals surface area contributed by atoms with Crippen molar-refractivity contribution in [1.82, 2.24) is 15.1 Å². The summed E-state index contributed by atoms with van der Waals surface area (Å²) in [5.41, 5.74) is 0. The van der Waals surface area contributed by atoms with E-state index in [0.29, 0.717) is 17.6 Å². The lowest BCUT2D eigenvalue weighted by atomic mass is 10.4. The van der Waals surface area contributed by atoms with Gasteiger partial charge in [0.2, 0.25) is 0 Å². The highest BCUT2D eigenvalue weighted by molar-refractivity contribution is 6.29. The quantitative estimate of drug-likeness (QED) is 0.845. The lowest BCUT2D eigenvalue weighted by molar-refractivity contribution is 0.388. The predicted octanol–water partition coefficient (Wildman–Crippen LogP) is 2.61. The second-order valence-electron chi connectivity index (χ2n) is 4.04. The highest BCUT2D eigenvalue weighted by Crippen LogP contribution is 2.38. The van der Waals surface area contributed by atoms with Crippen molar-refractivity contribution in [2.24, 2.45) is 0 Å². The van der Waals surface area contributed by atoms with Gasteiger partial charge >= 0.3 is 0 Å². The molecule has 2 heterocycles. The molecule has 1 N–H and O–H groups in total. The molecule has 3 rings (SSSR count). The first-order valence-corrected chi connectivity index (χ1v) is 5.87. The molecule has 0 unspecified atom stereocenters. The van der Waals surface area contributed by atoms with Crippen molar-refractivity contribution in [3.8, 4) is 0 Å². The molecule has 0 saturated heterocycles. The fourth-order valence-electron chi connectivity index (χ4n) is 1.56. The van der Waals surface area contributed by atoms with Crippen molar-refractivity contribution in [3.05, 3.63) is 35.1 Å². The molecule has 0 aliphatic heterocycles. The van der Waals surface area contributed by atoms with Gasteiger partial charge in [0.05, 0.1) is 12.7 Å². The van der Waals surface area contributed by atoms with Crippen molar-refractivity contribution in [2.75, 3.05) is 5.32 Å². The fourth-order valence-corrected chi connectivity index (χ4v) is 1.75. The van der Waals surface area contributed by atoms with Gasteiger partial charge in [0.25, 0.3) is 0 Å². The summed E-state index contributed by atoms with van der Waals surface area (Å²) in [4.78, 5) is 8.65. The molecule has 0 aromatic carbocycles. The van der Waals surface area contributed by atoms with Gasteiger partial charge in [0, 0.05) is 18.1 Å². The summed E-state index contributed by atoms with van der Waals surface area (Å²) in [5.74, 6) is 2.80. The smallest absolute Gasteiger partial charge is 0.155 e. The fraction of sp³-hybridized carbons (Fsp3) is 0.364. The number of rotatable bonds is 4. The summed E-state index contributed by atoms with van der Waals surface area (Å²) in [6.45, 7) is 0.539. The van der Waals surface area contributed by atoms with Gasteiger partial charge in [-0.05, 0) is 12.8 Å². The standard InChI is InChI=1S/C11H11ClN4O/c12-9-5-10(13-6-8-3-4-14-17-8)16-11(15-9)7-1-2-7/h3-5,7H,1-2,6H2,(H,13,15,16). The molecule has 5 nitrogen and oxygen atoms in total. The zero-order valence-corrected chi connectivity index (χ0v) is 9.81. The molecule has 6 heteroatoms. The van der Waals surface area contributed by atoms with Gasteiger partial charge in [-0.15, -0.1) is 0 Å². The molecule has 0 bridgehead atoms. The molecule has 0 spiro atoms. The minimum absolute atomic E-state index is 0.474. The Morgan fingerprint density at radius 3 is 3.00 bits per heavy atom. The first-order chi connectivity index (χ1) is 8.31. The molecule has 2 aromatic heterocycles. The van der Waals surface area contributed by atoms with Crippen LogP contribution in [0.4, 0.5) is 5.82 Å². The highest BCUT2D eigenvalue weighted by atomic mass is 35.5. The van der Waals surface area contributed by atoms with E-state index in [1.54, 1.807) is 18.3 Å². The van der Waals surface area contributed by atoms with Crippen molar-refractivity contribution in [1.29, 1.82) is 0 Å². The van der Waals surface area contributed by atoms with Crippen LogP contribution < -0.4 is 5.32 Å². The maximum absolute atomic E-state index is 5.96. The highest BCUT2D eigenvalue weighted by Gasteiger charge is 2.27. The molecule has 2 aromatic rings. The Balaban J connectivity index is 1.73. The number of aromatic nitrogens is 3. The Labute approximate surface area is 103 Å². The summed E-state index contributed by atoms with van der Waals surface area (Å²) >= 11 is 5.96. The Bertz CT molecular complexity index is 510. The van der Waals surface area contributed by atoms with Crippen LogP contribution in [0.5, 0.6) is 0 Å². The maximum atomic E-state index is 5.96. The van der Waals surface area contributed by atoms with E-state index >= 15 is 0 Å². The van der Waals surface area contributed by atoms with E-state index in [4.69, 9.17) is 16.1 Å². The van der Waals surface area contributed by atoms with Gasteiger partial charge in [0.15, 0.2) is 5.76 Å². The Morgan fingerprint density at radius 2 is 2.29 bits per heavy atom. The van der Waals surface area contributed by atoms with Crippen LogP contribution in [-0.2, 0) is 6.54 Å². The summed E-state index contributed by atoms with van der Waals surface area (Å²) < 4.78 is 4.99. The molecule has 1 aliphatic rings. The second kappa shape index (κ2) is 4.33. The second-order valence-corrected chi connectivity index (χ2v) is 4.43. The Kier molecular flexibility index (Phi) is 2.68. The molecule has 0 amide bonds.